The molecule has 0 fully saturated rings. The van der Waals surface area contributed by atoms with Gasteiger partial charge in [-0.25, -0.2) is 9.00 Å². The first-order valence-electron chi connectivity index (χ1n) is 7.40. The van der Waals surface area contributed by atoms with Crippen molar-refractivity contribution in [3.63, 3.8) is 0 Å². The average molecular weight is 339 g/mol. The highest BCUT2D eigenvalue weighted by Gasteiger charge is 2.19. The Morgan fingerprint density at radius 2 is 2.09 bits per heavy atom. The van der Waals surface area contributed by atoms with Gasteiger partial charge in [0.15, 0.2) is 0 Å². The molecular formula is C14H21N5O3S. The van der Waals surface area contributed by atoms with Crippen LogP contribution in [0.15, 0.2) is 22.6 Å². The van der Waals surface area contributed by atoms with Crippen LogP contribution in [0, 0.1) is 0 Å². The maximum Gasteiger partial charge on any atom is 0.312 e. The van der Waals surface area contributed by atoms with Gasteiger partial charge in [-0.15, -0.1) is 0 Å². The molecule has 23 heavy (non-hydrogen) atoms. The number of urea groups is 1. The Morgan fingerprint density at radius 3 is 2.87 bits per heavy atom. The Balaban J connectivity index is 1.76. The molecule has 1 aromatic carbocycles. The van der Waals surface area contributed by atoms with Gasteiger partial charge in [0.25, 0.3) is 0 Å². The zero-order valence-corrected chi connectivity index (χ0v) is 13.5. The number of rotatable bonds is 8. The van der Waals surface area contributed by atoms with Crippen molar-refractivity contribution in [2.24, 2.45) is 15.9 Å². The first-order valence-corrected chi connectivity index (χ1v) is 8.51. The highest BCUT2D eigenvalue weighted by atomic mass is 32.2. The van der Waals surface area contributed by atoms with Crippen LogP contribution < -0.4 is 26.2 Å². The number of unbranched alkanes of at least 4 members (excludes halogenated alkanes) is 3. The van der Waals surface area contributed by atoms with E-state index in [2.05, 4.69) is 14.4 Å². The quantitative estimate of drug-likeness (QED) is 0.526. The van der Waals surface area contributed by atoms with Gasteiger partial charge in [0, 0.05) is 6.54 Å². The van der Waals surface area contributed by atoms with Crippen LogP contribution in [-0.4, -0.2) is 29.2 Å². The molecule has 0 radical (unpaired) electrons. The summed E-state index contributed by atoms with van der Waals surface area (Å²) in [5.74, 6) is 0.841. The number of nitrogens with zero attached hydrogens (tertiary/aromatic N) is 1. The molecule has 1 aliphatic rings. The summed E-state index contributed by atoms with van der Waals surface area (Å²) in [5.41, 5.74) is 12.1. The molecule has 6 N–H and O–H groups in total. The van der Waals surface area contributed by atoms with Crippen molar-refractivity contribution in [2.75, 3.05) is 17.9 Å². The van der Waals surface area contributed by atoms with E-state index in [1.54, 1.807) is 6.07 Å². The number of nitrogens with one attached hydrogen (secondary N) is 2. The summed E-state index contributed by atoms with van der Waals surface area (Å²) in [6, 6.07) is 4.92. The fourth-order valence-corrected chi connectivity index (χ4v) is 2.90. The van der Waals surface area contributed by atoms with E-state index in [9.17, 15) is 9.00 Å². The second-order valence-electron chi connectivity index (χ2n) is 5.06. The number of amidine groups is 1. The van der Waals surface area contributed by atoms with Crippen molar-refractivity contribution in [1.29, 1.82) is 0 Å². The number of hydrogen-bond donors (Lipinski definition) is 4. The lowest BCUT2D eigenvalue weighted by molar-refractivity contribution is 0.248. The van der Waals surface area contributed by atoms with Crippen LogP contribution in [0.25, 0.3) is 0 Å². The van der Waals surface area contributed by atoms with Crippen LogP contribution in [0.4, 0.5) is 10.5 Å². The average Bonchev–Trinajstić information content (AvgIpc) is 2.49. The number of amides is 2. The van der Waals surface area contributed by atoms with E-state index in [1.807, 2.05) is 12.1 Å². The van der Waals surface area contributed by atoms with Gasteiger partial charge in [-0.3, -0.25) is 4.72 Å². The van der Waals surface area contributed by atoms with Crippen LogP contribution >= 0.6 is 0 Å². The Morgan fingerprint density at radius 1 is 1.30 bits per heavy atom. The van der Waals surface area contributed by atoms with Crippen LogP contribution in [0.2, 0.25) is 0 Å². The lowest BCUT2D eigenvalue weighted by Gasteiger charge is -2.18. The molecule has 0 saturated heterocycles. The molecular weight excluding hydrogens is 318 g/mol. The molecule has 0 aromatic heterocycles. The topological polar surface area (TPSA) is 132 Å². The maximum atomic E-state index is 11.4. The van der Waals surface area contributed by atoms with E-state index in [0.717, 1.165) is 25.7 Å². The molecule has 8 nitrogen and oxygen atoms in total. The molecule has 2 amide bonds. The summed E-state index contributed by atoms with van der Waals surface area (Å²) < 4.78 is 23.8. The van der Waals surface area contributed by atoms with Crippen LogP contribution in [-0.2, 0) is 11.2 Å². The van der Waals surface area contributed by atoms with Crippen molar-refractivity contribution in [1.82, 2.24) is 5.32 Å². The lowest BCUT2D eigenvalue weighted by Crippen LogP contribution is -2.29. The Kier molecular flexibility index (Phi) is 6.21. The van der Waals surface area contributed by atoms with E-state index < -0.39 is 17.2 Å². The standard InChI is InChI=1S/C14H21N5O3S/c15-13-12-10(18-23(21)19-13)6-5-7-11(12)22-9-4-2-1-3-8-17-14(16)20/h5-7,18H,1-4,8-9H2,(H2,15,19)(H3,16,17,20). The third-order valence-electron chi connectivity index (χ3n) is 3.29. The zero-order chi connectivity index (χ0) is 16.7. The fourth-order valence-electron chi connectivity index (χ4n) is 2.23. The summed E-state index contributed by atoms with van der Waals surface area (Å²) in [6.45, 7) is 1.15. The summed E-state index contributed by atoms with van der Waals surface area (Å²) in [4.78, 5) is 10.5. The maximum absolute atomic E-state index is 11.4. The molecule has 9 heteroatoms. The number of ether oxygens (including phenoxy) is 1. The SMILES string of the molecule is NC(=O)NCCCCCCOc1cccc2c1C(N)=NS(=O)N2. The van der Waals surface area contributed by atoms with E-state index in [1.165, 1.54) is 0 Å². The van der Waals surface area contributed by atoms with Gasteiger partial charge in [-0.1, -0.05) is 18.9 Å². The molecule has 0 bridgehead atoms. The van der Waals surface area contributed by atoms with E-state index >= 15 is 0 Å². The summed E-state index contributed by atoms with van der Waals surface area (Å²) in [5, 5.41) is 2.55. The summed E-state index contributed by atoms with van der Waals surface area (Å²) in [6.07, 6.45) is 3.75. The predicted octanol–water partition coefficient (Wildman–Crippen LogP) is 1.00. The molecule has 1 unspecified atom stereocenters. The van der Waals surface area contributed by atoms with Crippen molar-refractivity contribution in [3.05, 3.63) is 23.8 Å². The minimum Gasteiger partial charge on any atom is -0.493 e. The van der Waals surface area contributed by atoms with Crippen molar-refractivity contribution >= 4 is 28.7 Å². The van der Waals surface area contributed by atoms with Crippen LogP contribution in [0.1, 0.15) is 31.2 Å². The monoisotopic (exact) mass is 339 g/mol. The van der Waals surface area contributed by atoms with Crippen LogP contribution in [0.3, 0.4) is 0 Å². The molecule has 1 heterocycles. The predicted molar refractivity (Wildman–Crippen MR) is 90.5 cm³/mol. The second kappa shape index (κ2) is 8.37. The summed E-state index contributed by atoms with van der Waals surface area (Å²) in [7, 11) is 0. The molecule has 1 aromatic rings. The normalized spacial score (nSPS) is 16.0. The second-order valence-corrected chi connectivity index (χ2v) is 5.95. The number of carbonyl (C=O) groups is 1. The van der Waals surface area contributed by atoms with Gasteiger partial charge in [-0.05, 0) is 25.0 Å². The van der Waals surface area contributed by atoms with Crippen molar-refractivity contribution in [2.45, 2.75) is 25.7 Å². The molecule has 2 rings (SSSR count). The third-order valence-corrected chi connectivity index (χ3v) is 4.05. The largest absolute Gasteiger partial charge is 0.493 e. The zero-order valence-electron chi connectivity index (χ0n) is 12.7. The number of anilines is 1. The van der Waals surface area contributed by atoms with E-state index in [4.69, 9.17) is 16.2 Å². The van der Waals surface area contributed by atoms with Crippen molar-refractivity contribution < 1.29 is 13.7 Å². The number of primary amides is 1. The number of carbonyl (C=O) groups excluding carboxylic acids is 1. The molecule has 0 aliphatic carbocycles. The Bertz CT molecular complexity index is 620. The fraction of sp³-hybridized carbons (Fsp3) is 0.429. The van der Waals surface area contributed by atoms with Gasteiger partial charge in [-0.2, -0.15) is 4.40 Å². The molecule has 0 saturated carbocycles. The highest BCUT2D eigenvalue weighted by molar-refractivity contribution is 7.85. The first-order chi connectivity index (χ1) is 11.1. The highest BCUT2D eigenvalue weighted by Crippen LogP contribution is 2.29. The van der Waals surface area contributed by atoms with Crippen molar-refractivity contribution in [3.8, 4) is 5.75 Å². The molecule has 0 spiro atoms. The smallest absolute Gasteiger partial charge is 0.312 e. The van der Waals surface area contributed by atoms with Gasteiger partial charge in [0.2, 0.25) is 11.2 Å². The number of fused-ring (bicyclic) bond motifs is 1. The van der Waals surface area contributed by atoms with E-state index in [0.29, 0.717) is 30.2 Å². The Labute approximate surface area is 137 Å². The van der Waals surface area contributed by atoms with E-state index in [-0.39, 0.29) is 5.84 Å². The number of nitrogens with two attached hydrogens (primary N) is 2. The molecule has 1 atom stereocenters. The minimum atomic E-state index is -1.54. The van der Waals surface area contributed by atoms with Gasteiger partial charge >= 0.3 is 6.03 Å². The van der Waals surface area contributed by atoms with Gasteiger partial charge in [0.1, 0.15) is 11.6 Å². The molecule has 126 valence electrons. The number of benzene rings is 1. The summed E-state index contributed by atoms with van der Waals surface area (Å²) >= 11 is -1.54. The van der Waals surface area contributed by atoms with Crippen LogP contribution in [0.5, 0.6) is 5.75 Å². The molecule has 1 aliphatic heterocycles. The Hall–Kier alpha value is -2.29. The minimum absolute atomic E-state index is 0.213. The van der Waals surface area contributed by atoms with Gasteiger partial charge in [0.05, 0.1) is 17.9 Å². The lowest BCUT2D eigenvalue weighted by atomic mass is 10.1. The third kappa shape index (κ3) is 5.13. The van der Waals surface area contributed by atoms with Gasteiger partial charge < -0.3 is 21.5 Å². The first kappa shape index (κ1) is 17.1. The number of hydrogen-bond acceptors (Lipinski definition) is 4.